The molecule has 15 heavy (non-hydrogen) atoms. The predicted molar refractivity (Wildman–Crippen MR) is 58.8 cm³/mol. The van der Waals surface area contributed by atoms with Crippen molar-refractivity contribution in [3.8, 4) is 0 Å². The van der Waals surface area contributed by atoms with Gasteiger partial charge in [0, 0.05) is 12.0 Å². The average molecular weight is 209 g/mol. The van der Waals surface area contributed by atoms with Gasteiger partial charge >= 0.3 is 0 Å². The number of ether oxygens (including phenoxy) is 1. The van der Waals surface area contributed by atoms with Crippen LogP contribution < -0.4 is 5.32 Å². The summed E-state index contributed by atoms with van der Waals surface area (Å²) in [5.74, 6) is 0.625. The molecule has 0 aliphatic carbocycles. The van der Waals surface area contributed by atoms with E-state index in [1.54, 1.807) is 6.26 Å². The van der Waals surface area contributed by atoms with Gasteiger partial charge in [0.15, 0.2) is 0 Å². The molecule has 3 atom stereocenters. The number of hydrogen-bond acceptors (Lipinski definition) is 3. The lowest BCUT2D eigenvalue weighted by Crippen LogP contribution is -2.35. The smallest absolute Gasteiger partial charge is 0.0935 e. The van der Waals surface area contributed by atoms with Gasteiger partial charge in [0.25, 0.3) is 0 Å². The van der Waals surface area contributed by atoms with Crippen molar-refractivity contribution in [1.82, 2.24) is 5.32 Å². The Hall–Kier alpha value is -0.800. The van der Waals surface area contributed by atoms with Crippen molar-refractivity contribution in [2.24, 2.45) is 5.92 Å². The summed E-state index contributed by atoms with van der Waals surface area (Å²) in [7, 11) is 2.02. The third kappa shape index (κ3) is 2.61. The molecular formula is C12H19NO2. The second-order valence-electron chi connectivity index (χ2n) is 4.37. The third-order valence-corrected chi connectivity index (χ3v) is 3.21. The molecule has 0 bridgehead atoms. The Balaban J connectivity index is 1.92. The van der Waals surface area contributed by atoms with E-state index in [-0.39, 0.29) is 0 Å². The van der Waals surface area contributed by atoms with Crippen LogP contribution in [0, 0.1) is 5.92 Å². The first kappa shape index (κ1) is 10.7. The van der Waals surface area contributed by atoms with Crippen LogP contribution in [-0.4, -0.2) is 25.8 Å². The second-order valence-corrected chi connectivity index (χ2v) is 4.37. The van der Waals surface area contributed by atoms with E-state index >= 15 is 0 Å². The maximum Gasteiger partial charge on any atom is 0.0935 e. The molecule has 1 N–H and O–H groups in total. The van der Waals surface area contributed by atoms with Crippen molar-refractivity contribution in [3.63, 3.8) is 0 Å². The fraction of sp³-hybridized carbons (Fsp3) is 0.667. The molecule has 3 heteroatoms. The number of furan rings is 1. The zero-order valence-electron chi connectivity index (χ0n) is 9.40. The van der Waals surface area contributed by atoms with Crippen LogP contribution in [0.25, 0.3) is 0 Å². The molecule has 3 nitrogen and oxygen atoms in total. The minimum absolute atomic E-state index is 0.412. The second kappa shape index (κ2) is 4.81. The topological polar surface area (TPSA) is 34.4 Å². The fourth-order valence-corrected chi connectivity index (χ4v) is 2.30. The van der Waals surface area contributed by atoms with Crippen molar-refractivity contribution >= 4 is 0 Å². The lowest BCUT2D eigenvalue weighted by Gasteiger charge is -2.21. The summed E-state index contributed by atoms with van der Waals surface area (Å²) in [6, 6.07) is 2.52. The molecule has 1 aromatic heterocycles. The summed E-state index contributed by atoms with van der Waals surface area (Å²) < 4.78 is 10.7. The zero-order valence-corrected chi connectivity index (χ0v) is 9.40. The minimum atomic E-state index is 0.412. The van der Waals surface area contributed by atoms with Gasteiger partial charge in [-0.15, -0.1) is 0 Å². The summed E-state index contributed by atoms with van der Waals surface area (Å²) in [5.41, 5.74) is 1.26. The summed E-state index contributed by atoms with van der Waals surface area (Å²) in [6.45, 7) is 3.02. The van der Waals surface area contributed by atoms with Gasteiger partial charge in [0.05, 0.1) is 25.2 Å². The molecule has 0 spiro atoms. The number of rotatable bonds is 4. The summed E-state index contributed by atoms with van der Waals surface area (Å²) in [6.07, 6.45) is 6.14. The fourth-order valence-electron chi connectivity index (χ4n) is 2.30. The Morgan fingerprint density at radius 3 is 3.00 bits per heavy atom. The molecule has 1 aliphatic rings. The Morgan fingerprint density at radius 2 is 2.47 bits per heavy atom. The molecule has 0 aromatic carbocycles. The van der Waals surface area contributed by atoms with Gasteiger partial charge < -0.3 is 14.5 Å². The van der Waals surface area contributed by atoms with Crippen molar-refractivity contribution in [1.29, 1.82) is 0 Å². The molecule has 1 aliphatic heterocycles. The molecule has 1 fully saturated rings. The van der Waals surface area contributed by atoms with Gasteiger partial charge in [-0.3, -0.25) is 0 Å². The number of nitrogens with one attached hydrogen (secondary N) is 1. The van der Waals surface area contributed by atoms with Gasteiger partial charge in [-0.1, -0.05) is 0 Å². The average Bonchev–Trinajstić information content (AvgIpc) is 2.85. The Morgan fingerprint density at radius 1 is 1.60 bits per heavy atom. The van der Waals surface area contributed by atoms with Crippen LogP contribution >= 0.6 is 0 Å². The quantitative estimate of drug-likeness (QED) is 0.821. The van der Waals surface area contributed by atoms with Gasteiger partial charge in [-0.25, -0.2) is 0 Å². The molecule has 2 heterocycles. The lowest BCUT2D eigenvalue weighted by molar-refractivity contribution is 0.117. The van der Waals surface area contributed by atoms with Crippen molar-refractivity contribution in [2.45, 2.75) is 31.9 Å². The van der Waals surface area contributed by atoms with Crippen molar-refractivity contribution in [3.05, 3.63) is 24.2 Å². The highest BCUT2D eigenvalue weighted by atomic mass is 16.5. The summed E-state index contributed by atoms with van der Waals surface area (Å²) in [5, 5.41) is 3.38. The van der Waals surface area contributed by atoms with Crippen LogP contribution in [0.2, 0.25) is 0 Å². The molecule has 0 saturated carbocycles. The molecule has 0 radical (unpaired) electrons. The highest BCUT2D eigenvalue weighted by Gasteiger charge is 2.28. The molecule has 1 aromatic rings. The molecule has 2 rings (SSSR count). The molecule has 0 amide bonds. The van der Waals surface area contributed by atoms with Gasteiger partial charge in [-0.2, -0.15) is 0 Å². The predicted octanol–water partition coefficient (Wildman–Crippen LogP) is 1.84. The normalized spacial score (nSPS) is 28.1. The SMILES string of the molecule is CNC(Cc1ccoc1)C1COC(C)C1. The van der Waals surface area contributed by atoms with E-state index < -0.39 is 0 Å². The van der Waals surface area contributed by atoms with E-state index in [9.17, 15) is 0 Å². The Bertz CT molecular complexity index is 284. The number of likely N-dealkylation sites (N-methyl/N-ethyl adjacent to an activating group) is 1. The van der Waals surface area contributed by atoms with Crippen LogP contribution in [-0.2, 0) is 11.2 Å². The van der Waals surface area contributed by atoms with Gasteiger partial charge in [-0.05, 0) is 38.4 Å². The van der Waals surface area contributed by atoms with Crippen molar-refractivity contribution in [2.75, 3.05) is 13.7 Å². The minimum Gasteiger partial charge on any atom is -0.472 e. The van der Waals surface area contributed by atoms with E-state index in [1.165, 1.54) is 5.56 Å². The van der Waals surface area contributed by atoms with E-state index in [4.69, 9.17) is 9.15 Å². The monoisotopic (exact) mass is 209 g/mol. The van der Waals surface area contributed by atoms with Crippen LogP contribution in [0.5, 0.6) is 0 Å². The van der Waals surface area contributed by atoms with E-state index in [0.717, 1.165) is 19.4 Å². The standard InChI is InChI=1S/C12H19NO2/c1-9-5-11(8-15-9)12(13-2)6-10-3-4-14-7-10/h3-4,7,9,11-13H,5-6,8H2,1-2H3. The first-order valence-electron chi connectivity index (χ1n) is 5.59. The zero-order chi connectivity index (χ0) is 10.7. The molecule has 84 valence electrons. The molecular weight excluding hydrogens is 190 g/mol. The summed E-state index contributed by atoms with van der Waals surface area (Å²) >= 11 is 0. The molecule has 3 unspecified atom stereocenters. The van der Waals surface area contributed by atoms with Crippen LogP contribution in [0.15, 0.2) is 23.0 Å². The largest absolute Gasteiger partial charge is 0.472 e. The first-order valence-corrected chi connectivity index (χ1v) is 5.59. The highest BCUT2D eigenvalue weighted by Crippen LogP contribution is 2.24. The van der Waals surface area contributed by atoms with Gasteiger partial charge in [0.1, 0.15) is 0 Å². The van der Waals surface area contributed by atoms with Gasteiger partial charge in [0.2, 0.25) is 0 Å². The lowest BCUT2D eigenvalue weighted by atomic mass is 9.92. The maximum atomic E-state index is 5.60. The first-order chi connectivity index (χ1) is 7.29. The van der Waals surface area contributed by atoms with E-state index in [0.29, 0.717) is 18.1 Å². The van der Waals surface area contributed by atoms with Crippen LogP contribution in [0.1, 0.15) is 18.9 Å². The van der Waals surface area contributed by atoms with E-state index in [1.807, 2.05) is 19.4 Å². The van der Waals surface area contributed by atoms with Crippen molar-refractivity contribution < 1.29 is 9.15 Å². The Labute approximate surface area is 90.8 Å². The highest BCUT2D eigenvalue weighted by molar-refractivity contribution is 5.08. The van der Waals surface area contributed by atoms with E-state index in [2.05, 4.69) is 12.2 Å². The number of hydrogen-bond donors (Lipinski definition) is 1. The van der Waals surface area contributed by atoms with Crippen LogP contribution in [0.4, 0.5) is 0 Å². The Kier molecular flexibility index (Phi) is 3.44. The third-order valence-electron chi connectivity index (χ3n) is 3.21. The summed E-state index contributed by atoms with van der Waals surface area (Å²) in [4.78, 5) is 0. The van der Waals surface area contributed by atoms with Crippen LogP contribution in [0.3, 0.4) is 0 Å². The maximum absolute atomic E-state index is 5.60. The molecule has 1 saturated heterocycles.